The Morgan fingerprint density at radius 2 is 1.90 bits per heavy atom. The van der Waals surface area contributed by atoms with E-state index in [1.807, 2.05) is 12.1 Å². The third kappa shape index (κ3) is 5.83. The molecule has 4 aromatic rings. The average Bonchev–Trinajstić information content (AvgIpc) is 2.96. The molecule has 11 heteroatoms. The Labute approximate surface area is 246 Å². The van der Waals surface area contributed by atoms with E-state index in [0.29, 0.717) is 37.9 Å². The maximum Gasteiger partial charge on any atom is 0.312 e. The molecule has 1 aliphatic rings. The summed E-state index contributed by atoms with van der Waals surface area (Å²) < 4.78 is 8.46. The van der Waals surface area contributed by atoms with E-state index in [1.165, 1.54) is 17.0 Å². The third-order valence-corrected chi connectivity index (χ3v) is 7.84. The molecule has 1 fully saturated rings. The van der Waals surface area contributed by atoms with Gasteiger partial charge in [0.05, 0.1) is 33.7 Å². The van der Waals surface area contributed by atoms with Crippen LogP contribution in [0, 0.1) is 21.4 Å². The predicted molar refractivity (Wildman–Crippen MR) is 159 cm³/mol. The molecular weight excluding hydrogens is 642 g/mol. The Kier molecular flexibility index (Phi) is 8.38. The largest absolute Gasteiger partial charge is 0.481 e. The minimum Gasteiger partial charge on any atom is -0.481 e. The first kappa shape index (κ1) is 27.7. The molecule has 3 aromatic carbocycles. The van der Waals surface area contributed by atoms with Crippen LogP contribution in [0.4, 0.5) is 5.69 Å². The fraction of sp³-hybridized carbons (Fsp3) is 0.241. The van der Waals surface area contributed by atoms with Gasteiger partial charge in [0.25, 0.3) is 5.56 Å². The molecule has 0 N–H and O–H groups in total. The number of rotatable bonds is 7. The maximum atomic E-state index is 13.7. The summed E-state index contributed by atoms with van der Waals surface area (Å²) in [6, 6.07) is 17.3. The van der Waals surface area contributed by atoms with Crippen LogP contribution >= 0.6 is 31.9 Å². The van der Waals surface area contributed by atoms with Crippen LogP contribution < -0.4 is 10.3 Å². The molecule has 0 radical (unpaired) electrons. The number of nitrogens with zero attached hydrogens (tertiary/aromatic N) is 5. The molecule has 40 heavy (non-hydrogen) atoms. The third-order valence-electron chi connectivity index (χ3n) is 6.89. The molecule has 0 unspecified atom stereocenters. The highest BCUT2D eigenvalue weighted by atomic mass is 79.9. The van der Waals surface area contributed by atoms with Crippen LogP contribution in [0.5, 0.6) is 5.75 Å². The standard InChI is InChI=1S/C29H23Br2N5O4/c30-22-10-11-25-24(13-22)29(37)35(28(34-25)18-6-2-1-3-7-18)33-16-21-12-23(31)14-26(36(38)39)27(21)40-17-20-9-5-4-8-19(20)15-32/h4-5,8-14,16,18H,1-3,6-7,17H2. The number of nitriles is 1. The summed E-state index contributed by atoms with van der Waals surface area (Å²) in [5.74, 6) is 0.626. The number of nitro groups is 1. The number of benzene rings is 3. The number of hydrogen-bond acceptors (Lipinski definition) is 7. The molecule has 0 saturated heterocycles. The molecule has 0 spiro atoms. The van der Waals surface area contributed by atoms with E-state index in [-0.39, 0.29) is 29.5 Å². The molecular formula is C29H23Br2N5O4. The Bertz CT molecular complexity index is 1740. The number of aromatic nitrogens is 2. The van der Waals surface area contributed by atoms with Crippen molar-refractivity contribution in [2.75, 3.05) is 0 Å². The zero-order valence-electron chi connectivity index (χ0n) is 21.2. The van der Waals surface area contributed by atoms with Crippen molar-refractivity contribution >= 4 is 54.7 Å². The monoisotopic (exact) mass is 663 g/mol. The lowest BCUT2D eigenvalue weighted by atomic mass is 9.88. The van der Waals surface area contributed by atoms with Gasteiger partial charge in [0, 0.05) is 32.1 Å². The molecule has 202 valence electrons. The summed E-state index contributed by atoms with van der Waals surface area (Å²) in [4.78, 5) is 30.0. The van der Waals surface area contributed by atoms with Crippen LogP contribution in [0.2, 0.25) is 0 Å². The van der Waals surface area contributed by atoms with E-state index in [0.717, 1.165) is 36.6 Å². The summed E-state index contributed by atoms with van der Waals surface area (Å²) in [5, 5.41) is 26.4. The maximum absolute atomic E-state index is 13.7. The van der Waals surface area contributed by atoms with Crippen molar-refractivity contribution in [3.63, 3.8) is 0 Å². The normalized spacial score (nSPS) is 13.9. The second-order valence-corrected chi connectivity index (χ2v) is 11.3. The Balaban J connectivity index is 1.62. The predicted octanol–water partition coefficient (Wildman–Crippen LogP) is 7.21. The summed E-state index contributed by atoms with van der Waals surface area (Å²) in [6.07, 6.45) is 6.42. The van der Waals surface area contributed by atoms with E-state index in [2.05, 4.69) is 43.0 Å². The Morgan fingerprint density at radius 3 is 2.65 bits per heavy atom. The van der Waals surface area contributed by atoms with Crippen LogP contribution in [0.15, 0.2) is 73.4 Å². The molecule has 1 heterocycles. The van der Waals surface area contributed by atoms with Crippen molar-refractivity contribution in [2.45, 2.75) is 44.6 Å². The second-order valence-electron chi connectivity index (χ2n) is 9.49. The minimum atomic E-state index is -0.539. The number of halogens is 2. The summed E-state index contributed by atoms with van der Waals surface area (Å²) in [6.45, 7) is -0.0636. The highest BCUT2D eigenvalue weighted by molar-refractivity contribution is 9.10. The van der Waals surface area contributed by atoms with Gasteiger partial charge in [-0.3, -0.25) is 14.9 Å². The van der Waals surface area contributed by atoms with Crippen molar-refractivity contribution in [3.8, 4) is 11.8 Å². The Hall–Kier alpha value is -3.88. The van der Waals surface area contributed by atoms with E-state index in [4.69, 9.17) is 9.72 Å². The fourth-order valence-corrected chi connectivity index (χ4v) is 5.74. The number of fused-ring (bicyclic) bond motifs is 1. The van der Waals surface area contributed by atoms with Crippen LogP contribution in [0.3, 0.4) is 0 Å². The van der Waals surface area contributed by atoms with Gasteiger partial charge in [-0.05, 0) is 43.2 Å². The Morgan fingerprint density at radius 1 is 1.12 bits per heavy atom. The SMILES string of the molecule is N#Cc1ccccc1COc1c(C=Nn2c(C3CCCCC3)nc3ccc(Br)cc3c2=O)cc(Br)cc1[N+](=O)[O-]. The van der Waals surface area contributed by atoms with Gasteiger partial charge in [-0.2, -0.15) is 15.0 Å². The van der Waals surface area contributed by atoms with Crippen molar-refractivity contribution < 1.29 is 9.66 Å². The number of hydrogen-bond donors (Lipinski definition) is 0. The van der Waals surface area contributed by atoms with Crippen molar-refractivity contribution in [1.29, 1.82) is 5.26 Å². The summed E-state index contributed by atoms with van der Waals surface area (Å²) in [5.41, 5.74) is 1.30. The second kappa shape index (κ2) is 12.1. The molecule has 1 aliphatic carbocycles. The van der Waals surface area contributed by atoms with Gasteiger partial charge in [-0.1, -0.05) is 69.3 Å². The van der Waals surface area contributed by atoms with Gasteiger partial charge >= 0.3 is 5.69 Å². The number of nitro benzene ring substituents is 1. The molecule has 0 atom stereocenters. The van der Waals surface area contributed by atoms with Crippen LogP contribution in [-0.2, 0) is 6.61 Å². The highest BCUT2D eigenvalue weighted by Gasteiger charge is 2.24. The van der Waals surface area contributed by atoms with Gasteiger partial charge < -0.3 is 4.74 Å². The zero-order chi connectivity index (χ0) is 28.2. The molecule has 5 rings (SSSR count). The zero-order valence-corrected chi connectivity index (χ0v) is 24.4. The van der Waals surface area contributed by atoms with Crippen LogP contribution in [0.25, 0.3) is 10.9 Å². The van der Waals surface area contributed by atoms with Crippen LogP contribution in [-0.4, -0.2) is 20.8 Å². The first-order valence-corrected chi connectivity index (χ1v) is 14.3. The fourth-order valence-electron chi connectivity index (χ4n) is 4.92. The average molecular weight is 665 g/mol. The van der Waals surface area contributed by atoms with Gasteiger partial charge in [0.15, 0.2) is 0 Å². The smallest absolute Gasteiger partial charge is 0.312 e. The molecule has 1 aromatic heterocycles. The summed E-state index contributed by atoms with van der Waals surface area (Å²) in [7, 11) is 0. The van der Waals surface area contributed by atoms with Crippen LogP contribution in [0.1, 0.15) is 60.5 Å². The topological polar surface area (TPSA) is 123 Å². The van der Waals surface area contributed by atoms with E-state index < -0.39 is 4.92 Å². The van der Waals surface area contributed by atoms with E-state index in [1.54, 1.807) is 36.4 Å². The lowest BCUT2D eigenvalue weighted by molar-refractivity contribution is -0.386. The first-order chi connectivity index (χ1) is 19.4. The first-order valence-electron chi connectivity index (χ1n) is 12.7. The summed E-state index contributed by atoms with van der Waals surface area (Å²) >= 11 is 6.77. The van der Waals surface area contributed by atoms with Gasteiger partial charge in [-0.25, -0.2) is 4.98 Å². The lowest BCUT2D eigenvalue weighted by Crippen LogP contribution is -2.25. The molecule has 0 amide bonds. The van der Waals surface area contributed by atoms with Crippen molar-refractivity contribution in [2.24, 2.45) is 5.10 Å². The van der Waals surface area contributed by atoms with Gasteiger partial charge in [0.2, 0.25) is 5.75 Å². The lowest BCUT2D eigenvalue weighted by Gasteiger charge is -2.22. The van der Waals surface area contributed by atoms with E-state index >= 15 is 0 Å². The highest BCUT2D eigenvalue weighted by Crippen LogP contribution is 2.35. The molecule has 9 nitrogen and oxygen atoms in total. The van der Waals surface area contributed by atoms with Crippen molar-refractivity contribution in [1.82, 2.24) is 9.66 Å². The van der Waals surface area contributed by atoms with Gasteiger partial charge in [-0.15, -0.1) is 0 Å². The van der Waals surface area contributed by atoms with E-state index in [9.17, 15) is 20.2 Å². The molecule has 1 saturated carbocycles. The van der Waals surface area contributed by atoms with Gasteiger partial charge in [0.1, 0.15) is 12.4 Å². The quantitative estimate of drug-likeness (QED) is 0.117. The molecule has 0 bridgehead atoms. The molecule has 0 aliphatic heterocycles. The minimum absolute atomic E-state index is 0.0200. The van der Waals surface area contributed by atoms with Crippen molar-refractivity contribution in [3.05, 3.63) is 107 Å². The number of ether oxygens (including phenoxy) is 1.